The summed E-state index contributed by atoms with van der Waals surface area (Å²) in [6.07, 6.45) is 0.702. The fourth-order valence-electron chi connectivity index (χ4n) is 1.85. The lowest BCUT2D eigenvalue weighted by Gasteiger charge is -2.27. The first kappa shape index (κ1) is 9.94. The molecule has 0 bridgehead atoms. The summed E-state index contributed by atoms with van der Waals surface area (Å²) in [5.41, 5.74) is 6.52. The maximum atomic E-state index is 12.9. The Labute approximate surface area is 87.3 Å². The van der Waals surface area contributed by atoms with Gasteiger partial charge in [-0.1, -0.05) is 6.07 Å². The van der Waals surface area contributed by atoms with Gasteiger partial charge in [-0.3, -0.25) is 0 Å². The van der Waals surface area contributed by atoms with Crippen LogP contribution in [-0.2, 0) is 0 Å². The van der Waals surface area contributed by atoms with Crippen LogP contribution in [0.3, 0.4) is 0 Å². The average molecular weight is 206 g/mol. The number of ether oxygens (including phenoxy) is 1. The molecule has 0 saturated heterocycles. The Kier molecular flexibility index (Phi) is 2.57. The molecule has 0 amide bonds. The Balaban J connectivity index is 2.39. The van der Waals surface area contributed by atoms with Gasteiger partial charge >= 0.3 is 0 Å². The predicted molar refractivity (Wildman–Crippen MR) is 52.8 cm³/mol. The first-order valence-electron chi connectivity index (χ1n) is 4.80. The Morgan fingerprint density at radius 3 is 3.13 bits per heavy atom. The third kappa shape index (κ3) is 1.79. The van der Waals surface area contributed by atoms with E-state index in [1.807, 2.05) is 6.07 Å². The van der Waals surface area contributed by atoms with Gasteiger partial charge in [-0.2, -0.15) is 5.26 Å². The number of nitrogens with two attached hydrogens (primary N) is 1. The Hall–Kier alpha value is -1.60. The number of halogens is 1. The molecule has 0 radical (unpaired) electrons. The van der Waals surface area contributed by atoms with Crippen LogP contribution in [0.25, 0.3) is 0 Å². The van der Waals surface area contributed by atoms with Crippen molar-refractivity contribution in [2.24, 2.45) is 5.73 Å². The van der Waals surface area contributed by atoms with Gasteiger partial charge in [0.25, 0.3) is 0 Å². The summed E-state index contributed by atoms with van der Waals surface area (Å²) in [6.45, 7) is 0.483. The molecule has 0 aliphatic carbocycles. The molecule has 0 unspecified atom stereocenters. The van der Waals surface area contributed by atoms with Crippen molar-refractivity contribution >= 4 is 0 Å². The number of fused-ring (bicyclic) bond motifs is 1. The molecular formula is C11H11FN2O. The summed E-state index contributed by atoms with van der Waals surface area (Å²) in [6, 6.07) is 5.81. The Morgan fingerprint density at radius 2 is 2.40 bits per heavy atom. The van der Waals surface area contributed by atoms with E-state index in [9.17, 15) is 4.39 Å². The molecule has 2 N–H and O–H groups in total. The number of nitriles is 1. The van der Waals surface area contributed by atoms with Gasteiger partial charge in [0.05, 0.1) is 18.7 Å². The number of hydrogen-bond donors (Lipinski definition) is 1. The molecule has 2 atom stereocenters. The molecule has 1 aromatic carbocycles. The molecule has 3 nitrogen and oxygen atoms in total. The topological polar surface area (TPSA) is 59.0 Å². The fraction of sp³-hybridized carbons (Fsp3) is 0.364. The van der Waals surface area contributed by atoms with Crippen LogP contribution in [0, 0.1) is 17.1 Å². The molecule has 1 heterocycles. The molecule has 4 heteroatoms. The van der Waals surface area contributed by atoms with Crippen LogP contribution >= 0.6 is 0 Å². The van der Waals surface area contributed by atoms with E-state index in [1.54, 1.807) is 6.07 Å². The third-order valence-electron chi connectivity index (χ3n) is 2.64. The molecule has 1 aliphatic heterocycles. The maximum absolute atomic E-state index is 12.9. The lowest BCUT2D eigenvalue weighted by Crippen LogP contribution is -2.30. The quantitative estimate of drug-likeness (QED) is 0.758. The minimum Gasteiger partial charge on any atom is -0.493 e. The molecule has 1 aromatic rings. The predicted octanol–water partition coefficient (Wildman–Crippen LogP) is 1.54. The third-order valence-corrected chi connectivity index (χ3v) is 2.64. The van der Waals surface area contributed by atoms with Crippen LogP contribution in [0.1, 0.15) is 17.9 Å². The maximum Gasteiger partial charge on any atom is 0.126 e. The summed E-state index contributed by atoms with van der Waals surface area (Å²) >= 11 is 0. The van der Waals surface area contributed by atoms with E-state index in [1.165, 1.54) is 12.1 Å². The van der Waals surface area contributed by atoms with Crippen molar-refractivity contribution in [1.82, 2.24) is 0 Å². The molecule has 0 spiro atoms. The highest BCUT2D eigenvalue weighted by Crippen LogP contribution is 2.35. The molecular weight excluding hydrogens is 195 g/mol. The second-order valence-electron chi connectivity index (χ2n) is 3.58. The number of benzene rings is 1. The standard InChI is InChI=1S/C11H11FN2O/c12-7-1-2-9-8(10(14)6-13)3-4-15-11(9)5-7/h1-2,5,8,10H,3-4,14H2/t8-,10-/m1/s1. The van der Waals surface area contributed by atoms with E-state index in [0.717, 1.165) is 5.56 Å². The van der Waals surface area contributed by atoms with E-state index in [4.69, 9.17) is 15.7 Å². The zero-order valence-corrected chi connectivity index (χ0v) is 8.11. The van der Waals surface area contributed by atoms with Gasteiger partial charge in [0.1, 0.15) is 11.6 Å². The van der Waals surface area contributed by atoms with Crippen LogP contribution in [0.4, 0.5) is 4.39 Å². The highest BCUT2D eigenvalue weighted by Gasteiger charge is 2.26. The summed E-state index contributed by atoms with van der Waals surface area (Å²) < 4.78 is 18.3. The SMILES string of the molecule is N#C[C@@H](N)[C@@H]1CCOc2cc(F)ccc21. The first-order chi connectivity index (χ1) is 7.22. The van der Waals surface area contributed by atoms with E-state index in [0.29, 0.717) is 18.8 Å². The lowest BCUT2D eigenvalue weighted by molar-refractivity contribution is 0.261. The van der Waals surface area contributed by atoms with Crippen molar-refractivity contribution < 1.29 is 9.13 Å². The van der Waals surface area contributed by atoms with Gasteiger partial charge in [-0.25, -0.2) is 4.39 Å². The van der Waals surface area contributed by atoms with Crippen molar-refractivity contribution in [2.45, 2.75) is 18.4 Å². The van der Waals surface area contributed by atoms with Gasteiger partial charge in [0, 0.05) is 17.5 Å². The van der Waals surface area contributed by atoms with Crippen molar-refractivity contribution in [2.75, 3.05) is 6.61 Å². The minimum absolute atomic E-state index is 0.0562. The van der Waals surface area contributed by atoms with Crippen LogP contribution in [0.2, 0.25) is 0 Å². The van der Waals surface area contributed by atoms with Crippen LogP contribution in [0.5, 0.6) is 5.75 Å². The highest BCUT2D eigenvalue weighted by molar-refractivity contribution is 5.40. The highest BCUT2D eigenvalue weighted by atomic mass is 19.1. The zero-order valence-electron chi connectivity index (χ0n) is 8.11. The van der Waals surface area contributed by atoms with Gasteiger partial charge in [0.15, 0.2) is 0 Å². The number of hydrogen-bond acceptors (Lipinski definition) is 3. The van der Waals surface area contributed by atoms with Crippen LogP contribution in [-0.4, -0.2) is 12.6 Å². The normalized spacial score (nSPS) is 21.0. The Morgan fingerprint density at radius 1 is 1.60 bits per heavy atom. The fourth-order valence-corrected chi connectivity index (χ4v) is 1.85. The van der Waals surface area contributed by atoms with Crippen LogP contribution < -0.4 is 10.5 Å². The van der Waals surface area contributed by atoms with Crippen molar-refractivity contribution in [1.29, 1.82) is 5.26 Å². The summed E-state index contributed by atoms with van der Waals surface area (Å²) in [5.74, 6) is 0.122. The molecule has 78 valence electrons. The van der Waals surface area contributed by atoms with Gasteiger partial charge in [-0.15, -0.1) is 0 Å². The number of nitrogens with zero attached hydrogens (tertiary/aromatic N) is 1. The second-order valence-corrected chi connectivity index (χ2v) is 3.58. The van der Waals surface area contributed by atoms with Crippen LogP contribution in [0.15, 0.2) is 18.2 Å². The largest absolute Gasteiger partial charge is 0.493 e. The molecule has 15 heavy (non-hydrogen) atoms. The lowest BCUT2D eigenvalue weighted by atomic mass is 9.88. The van der Waals surface area contributed by atoms with Gasteiger partial charge in [0.2, 0.25) is 0 Å². The van der Waals surface area contributed by atoms with Gasteiger partial charge < -0.3 is 10.5 Å². The van der Waals surface area contributed by atoms with E-state index in [2.05, 4.69) is 0 Å². The minimum atomic E-state index is -0.557. The smallest absolute Gasteiger partial charge is 0.126 e. The number of rotatable bonds is 1. The van der Waals surface area contributed by atoms with Crippen molar-refractivity contribution in [3.8, 4) is 11.8 Å². The summed E-state index contributed by atoms with van der Waals surface area (Å²) in [4.78, 5) is 0. The monoisotopic (exact) mass is 206 g/mol. The average Bonchev–Trinajstić information content (AvgIpc) is 2.26. The van der Waals surface area contributed by atoms with Crippen molar-refractivity contribution in [3.63, 3.8) is 0 Å². The summed E-state index contributed by atoms with van der Waals surface area (Å²) in [5, 5.41) is 8.78. The summed E-state index contributed by atoms with van der Waals surface area (Å²) in [7, 11) is 0. The molecule has 0 aromatic heterocycles. The van der Waals surface area contributed by atoms with E-state index < -0.39 is 6.04 Å². The molecule has 0 saturated carbocycles. The Bertz CT molecular complexity index is 414. The van der Waals surface area contributed by atoms with E-state index >= 15 is 0 Å². The first-order valence-corrected chi connectivity index (χ1v) is 4.80. The second kappa shape index (κ2) is 3.87. The van der Waals surface area contributed by atoms with E-state index in [-0.39, 0.29) is 11.7 Å². The molecule has 0 fully saturated rings. The van der Waals surface area contributed by atoms with Crippen molar-refractivity contribution in [3.05, 3.63) is 29.6 Å². The molecule has 1 aliphatic rings. The molecule has 2 rings (SSSR count). The van der Waals surface area contributed by atoms with Gasteiger partial charge in [-0.05, 0) is 12.5 Å². The zero-order chi connectivity index (χ0) is 10.8.